The number of benzene rings is 1. The average Bonchev–Trinajstić information content (AvgIpc) is 4.14. The third kappa shape index (κ3) is 7.63. The van der Waals surface area contributed by atoms with Gasteiger partial charge in [-0.05, 0) is 62.6 Å². The lowest BCUT2D eigenvalue weighted by Gasteiger charge is -2.49. The number of imide groups is 1. The van der Waals surface area contributed by atoms with Crippen molar-refractivity contribution in [3.05, 3.63) is 64.6 Å². The van der Waals surface area contributed by atoms with Crippen molar-refractivity contribution in [3.8, 4) is 0 Å². The number of aromatic nitrogens is 7. The molecule has 5 saturated heterocycles. The van der Waals surface area contributed by atoms with Crippen LogP contribution < -0.4 is 26.1 Å². The van der Waals surface area contributed by atoms with Gasteiger partial charge < -0.3 is 24.8 Å². The molecule has 344 valence electrons. The molecule has 0 spiro atoms. The Morgan fingerprint density at radius 2 is 1.80 bits per heavy atom. The molecule has 9 heterocycles. The SMILES string of the molecule is Cn1c(=O)n(C2CCC(=O)NC2=O)c2cccc(N3CC(F)(CN4CCN(C[C@H]5CC[C@H](n6cc(NC(=O)c7cnn8ccc(N9C[C@H]%10C[C@@H]9CO%10)nc78)c(C(F)F)n6)CC5)CC4)C3)c21. The van der Waals surface area contributed by atoms with Gasteiger partial charge in [-0.3, -0.25) is 38.4 Å². The molecule has 2 N–H and O–H groups in total. The molecule has 18 nitrogen and oxygen atoms in total. The van der Waals surface area contributed by atoms with E-state index in [1.54, 1.807) is 24.0 Å². The number of nitrogens with zero attached hydrogens (tertiary/aromatic N) is 11. The van der Waals surface area contributed by atoms with Crippen LogP contribution in [-0.4, -0.2) is 144 Å². The molecule has 6 fully saturated rings. The molecule has 4 aromatic heterocycles. The minimum atomic E-state index is -2.88. The number of hydrogen-bond donors (Lipinski definition) is 2. The number of aryl methyl sites for hydroxylation is 1. The number of nitrogens with one attached hydrogen (secondary N) is 2. The second kappa shape index (κ2) is 16.3. The van der Waals surface area contributed by atoms with Gasteiger partial charge in [0, 0.05) is 71.7 Å². The fraction of sp³-hybridized carbons (Fsp3) is 0.568. The van der Waals surface area contributed by atoms with Crippen molar-refractivity contribution in [1.82, 2.24) is 48.6 Å². The van der Waals surface area contributed by atoms with E-state index in [2.05, 4.69) is 35.5 Å². The Hall–Kier alpha value is -5.80. The van der Waals surface area contributed by atoms with Gasteiger partial charge in [0.15, 0.2) is 17.0 Å². The van der Waals surface area contributed by atoms with Gasteiger partial charge in [-0.15, -0.1) is 0 Å². The first-order chi connectivity index (χ1) is 31.4. The largest absolute Gasteiger partial charge is 0.374 e. The monoisotopic (exact) mass is 899 g/mol. The topological polar surface area (TPSA) is 172 Å². The highest BCUT2D eigenvalue weighted by Crippen LogP contribution is 2.39. The molecule has 0 radical (unpaired) electrons. The van der Waals surface area contributed by atoms with Gasteiger partial charge in [0.1, 0.15) is 17.4 Å². The molecule has 1 aromatic carbocycles. The zero-order chi connectivity index (χ0) is 44.7. The minimum Gasteiger partial charge on any atom is -0.374 e. The Balaban J connectivity index is 0.661. The highest BCUT2D eigenvalue weighted by atomic mass is 19.3. The summed E-state index contributed by atoms with van der Waals surface area (Å²) >= 11 is 0. The quantitative estimate of drug-likeness (QED) is 0.186. The van der Waals surface area contributed by atoms with Gasteiger partial charge in [-0.1, -0.05) is 6.07 Å². The van der Waals surface area contributed by atoms with Gasteiger partial charge in [0.25, 0.3) is 12.3 Å². The molecule has 3 atom stereocenters. The third-order valence-electron chi connectivity index (χ3n) is 14.6. The normalized spacial score (nSPS) is 26.1. The average molecular weight is 900 g/mol. The van der Waals surface area contributed by atoms with E-state index in [1.807, 2.05) is 23.1 Å². The van der Waals surface area contributed by atoms with Crippen LogP contribution in [0.3, 0.4) is 0 Å². The van der Waals surface area contributed by atoms with E-state index in [0.29, 0.717) is 35.8 Å². The highest BCUT2D eigenvalue weighted by Gasteiger charge is 2.46. The van der Waals surface area contributed by atoms with Crippen LogP contribution in [0.25, 0.3) is 16.7 Å². The molecule has 5 aliphatic heterocycles. The summed E-state index contributed by atoms with van der Waals surface area (Å²) in [7, 11) is 1.65. The number of carbonyl (C=O) groups is 3. The van der Waals surface area contributed by atoms with Crippen LogP contribution in [-0.2, 0) is 21.4 Å². The first-order valence-corrected chi connectivity index (χ1v) is 22.7. The zero-order valence-corrected chi connectivity index (χ0v) is 36.1. The Bertz CT molecular complexity index is 2730. The first kappa shape index (κ1) is 41.9. The number of morpholine rings is 1. The Labute approximate surface area is 371 Å². The Morgan fingerprint density at radius 3 is 2.52 bits per heavy atom. The Morgan fingerprint density at radius 1 is 1.02 bits per heavy atom. The van der Waals surface area contributed by atoms with E-state index >= 15 is 4.39 Å². The molecule has 21 heteroatoms. The summed E-state index contributed by atoms with van der Waals surface area (Å²) in [4.78, 5) is 64.9. The van der Waals surface area contributed by atoms with Crippen molar-refractivity contribution in [3.63, 3.8) is 0 Å². The number of halogens is 3. The first-order valence-electron chi connectivity index (χ1n) is 22.7. The molecule has 2 bridgehead atoms. The summed E-state index contributed by atoms with van der Waals surface area (Å²) in [6, 6.07) is 6.70. The molecule has 1 unspecified atom stereocenters. The van der Waals surface area contributed by atoms with E-state index in [4.69, 9.17) is 9.72 Å². The number of fused-ring (bicyclic) bond motifs is 4. The number of amides is 3. The summed E-state index contributed by atoms with van der Waals surface area (Å²) in [6.07, 6.45) is 6.67. The van der Waals surface area contributed by atoms with E-state index < -0.39 is 35.6 Å². The lowest BCUT2D eigenvalue weighted by molar-refractivity contribution is -0.135. The summed E-state index contributed by atoms with van der Waals surface area (Å²) in [5.74, 6) is -0.265. The van der Waals surface area contributed by atoms with Crippen molar-refractivity contribution in [2.45, 2.75) is 81.3 Å². The van der Waals surface area contributed by atoms with Crippen molar-refractivity contribution in [1.29, 1.82) is 0 Å². The number of anilines is 3. The minimum absolute atomic E-state index is 0.0230. The number of para-hydroxylation sites is 1. The maximum atomic E-state index is 16.2. The fourth-order valence-electron chi connectivity index (χ4n) is 11.2. The number of piperazine rings is 1. The third-order valence-corrected chi connectivity index (χ3v) is 14.6. The second-order valence-corrected chi connectivity index (χ2v) is 18.9. The van der Waals surface area contributed by atoms with Gasteiger partial charge in [-0.25, -0.2) is 27.5 Å². The lowest BCUT2D eigenvalue weighted by Crippen LogP contribution is -2.65. The van der Waals surface area contributed by atoms with Crippen molar-refractivity contribution in [2.75, 3.05) is 80.6 Å². The van der Waals surface area contributed by atoms with E-state index in [0.717, 1.165) is 82.9 Å². The van der Waals surface area contributed by atoms with Crippen LogP contribution in [0.4, 0.5) is 30.4 Å². The predicted molar refractivity (Wildman–Crippen MR) is 232 cm³/mol. The molecule has 3 amide bonds. The van der Waals surface area contributed by atoms with Gasteiger partial charge >= 0.3 is 5.69 Å². The second-order valence-electron chi connectivity index (χ2n) is 18.9. The van der Waals surface area contributed by atoms with Crippen molar-refractivity contribution >= 4 is 51.6 Å². The summed E-state index contributed by atoms with van der Waals surface area (Å²) in [6.45, 7) is 6.12. The fourth-order valence-corrected chi connectivity index (χ4v) is 11.2. The summed E-state index contributed by atoms with van der Waals surface area (Å²) in [5, 5.41) is 13.6. The molecule has 11 rings (SSSR count). The smallest absolute Gasteiger partial charge is 0.329 e. The van der Waals surface area contributed by atoms with Crippen LogP contribution in [0.15, 0.2) is 47.7 Å². The molecule has 5 aromatic rings. The number of carbonyl (C=O) groups excluding carboxylic acids is 3. The maximum Gasteiger partial charge on any atom is 0.329 e. The van der Waals surface area contributed by atoms with Crippen LogP contribution in [0.5, 0.6) is 0 Å². The number of alkyl halides is 3. The van der Waals surface area contributed by atoms with Crippen LogP contribution in [0.2, 0.25) is 0 Å². The Kier molecular flexibility index (Phi) is 10.5. The molecular formula is C44H52F3N13O5. The molecular weight excluding hydrogens is 848 g/mol. The number of imidazole rings is 1. The highest BCUT2D eigenvalue weighted by molar-refractivity contribution is 6.08. The van der Waals surface area contributed by atoms with Gasteiger partial charge in [0.05, 0.1) is 66.5 Å². The number of rotatable bonds is 11. The number of piperidine rings is 1. The summed E-state index contributed by atoms with van der Waals surface area (Å²) in [5.41, 5.74) is 0.222. The van der Waals surface area contributed by atoms with E-state index in [-0.39, 0.29) is 67.0 Å². The van der Waals surface area contributed by atoms with Gasteiger partial charge in [0.2, 0.25) is 11.8 Å². The lowest BCUT2D eigenvalue weighted by atomic mass is 9.85. The number of hydrogen-bond acceptors (Lipinski definition) is 12. The maximum absolute atomic E-state index is 16.2. The van der Waals surface area contributed by atoms with E-state index in [9.17, 15) is 28.0 Å². The van der Waals surface area contributed by atoms with Gasteiger partial charge in [-0.2, -0.15) is 10.2 Å². The summed E-state index contributed by atoms with van der Waals surface area (Å²) < 4.78 is 56.7. The zero-order valence-electron chi connectivity index (χ0n) is 36.1. The predicted octanol–water partition coefficient (Wildman–Crippen LogP) is 3.30. The van der Waals surface area contributed by atoms with Crippen LogP contribution in [0.1, 0.15) is 79.5 Å². The molecule has 65 heavy (non-hydrogen) atoms. The van der Waals surface area contributed by atoms with Crippen molar-refractivity contribution < 1.29 is 32.3 Å². The molecule has 6 aliphatic rings. The molecule has 1 aliphatic carbocycles. The van der Waals surface area contributed by atoms with Crippen LogP contribution >= 0.6 is 0 Å². The van der Waals surface area contributed by atoms with Crippen LogP contribution in [0, 0.1) is 5.92 Å². The standard InChI is InChI=1S/C44H52F3N13O5/c1-53-38-32(3-2-4-33(38)60(43(53)64)34-9-10-36(61)51-42(34)63)56-24-44(47,25-56)23-55-15-13-54(14-16-55)19-26-5-7-27(8-6-26)59-21-31(37(52-59)39(45)46)49-41(62)30-18-48-58-12-11-35(50-40(30)58)57-20-29-17-28(57)22-65-29/h2-4,11-12,18,21,26-29,34,39H,5-10,13-17,19-20,22-25H2,1H3,(H,49,62)(H,51,61,63)/t26-,27-,28-,29-,34?/m1/s1. The number of ether oxygens (including phenoxy) is 1. The van der Waals surface area contributed by atoms with Crippen molar-refractivity contribution in [2.24, 2.45) is 13.0 Å². The van der Waals surface area contributed by atoms with E-state index in [1.165, 1.54) is 26.0 Å². The molecule has 1 saturated carbocycles.